The lowest BCUT2D eigenvalue weighted by Crippen LogP contribution is -2.55. The molecule has 13 heavy (non-hydrogen) atoms. The van der Waals surface area contributed by atoms with E-state index in [1.807, 2.05) is 11.0 Å². The molecule has 4 nitrogen and oxygen atoms in total. The van der Waals surface area contributed by atoms with E-state index < -0.39 is 0 Å². The second kappa shape index (κ2) is 3.79. The topological polar surface area (TPSA) is 41.6 Å². The number of nitrogens with zero attached hydrogens (tertiary/aromatic N) is 1. The molecule has 0 radical (unpaired) electrons. The van der Waals surface area contributed by atoms with Crippen molar-refractivity contribution in [3.8, 4) is 0 Å². The first-order chi connectivity index (χ1) is 6.42. The van der Waals surface area contributed by atoms with Gasteiger partial charge in [0.2, 0.25) is 6.41 Å². The molecule has 2 aliphatic rings. The summed E-state index contributed by atoms with van der Waals surface area (Å²) in [5, 5.41) is 3.27. The standard InChI is InChI=1S/C9H14N2O2/c12-7-11-4-3-10-6-8(11)9-2-1-5-13-9/h1,5,7-10H,2-4,6H2. The van der Waals surface area contributed by atoms with Crippen LogP contribution >= 0.6 is 0 Å². The van der Waals surface area contributed by atoms with Gasteiger partial charge in [-0.15, -0.1) is 0 Å². The van der Waals surface area contributed by atoms with Gasteiger partial charge in [-0.05, 0) is 6.08 Å². The van der Waals surface area contributed by atoms with Crippen LogP contribution in [0.1, 0.15) is 6.42 Å². The Morgan fingerprint density at radius 3 is 3.23 bits per heavy atom. The number of piperazine rings is 1. The summed E-state index contributed by atoms with van der Waals surface area (Å²) < 4.78 is 5.40. The van der Waals surface area contributed by atoms with Crippen molar-refractivity contribution in [2.45, 2.75) is 18.6 Å². The van der Waals surface area contributed by atoms with Crippen molar-refractivity contribution >= 4 is 6.41 Å². The molecule has 2 rings (SSSR count). The van der Waals surface area contributed by atoms with Crippen LogP contribution in [-0.2, 0) is 9.53 Å². The summed E-state index contributed by atoms with van der Waals surface area (Å²) in [5.74, 6) is 0. The number of hydrogen-bond donors (Lipinski definition) is 1. The first-order valence-electron chi connectivity index (χ1n) is 4.64. The molecule has 72 valence electrons. The Balaban J connectivity index is 1.97. The summed E-state index contributed by atoms with van der Waals surface area (Å²) >= 11 is 0. The molecule has 2 heterocycles. The van der Waals surface area contributed by atoms with Crippen LogP contribution in [0, 0.1) is 0 Å². The molecule has 2 atom stereocenters. The molecule has 1 fully saturated rings. The van der Waals surface area contributed by atoms with Gasteiger partial charge in [-0.25, -0.2) is 0 Å². The zero-order chi connectivity index (χ0) is 9.10. The van der Waals surface area contributed by atoms with Crippen LogP contribution in [0.15, 0.2) is 12.3 Å². The molecule has 0 aromatic carbocycles. The van der Waals surface area contributed by atoms with E-state index in [1.54, 1.807) is 6.26 Å². The molecule has 2 aliphatic heterocycles. The Hall–Kier alpha value is -1.03. The second-order valence-electron chi connectivity index (χ2n) is 3.40. The van der Waals surface area contributed by atoms with E-state index in [9.17, 15) is 4.79 Å². The Morgan fingerprint density at radius 2 is 2.54 bits per heavy atom. The summed E-state index contributed by atoms with van der Waals surface area (Å²) in [6, 6.07) is 0.196. The number of carbonyl (C=O) groups excluding carboxylic acids is 1. The van der Waals surface area contributed by atoms with E-state index in [1.165, 1.54) is 0 Å². The fourth-order valence-corrected chi connectivity index (χ4v) is 1.87. The first kappa shape index (κ1) is 8.56. The normalized spacial score (nSPS) is 33.1. The highest BCUT2D eigenvalue weighted by Crippen LogP contribution is 2.17. The third-order valence-corrected chi connectivity index (χ3v) is 2.61. The minimum Gasteiger partial charge on any atom is -0.496 e. The third-order valence-electron chi connectivity index (χ3n) is 2.61. The summed E-state index contributed by atoms with van der Waals surface area (Å²) in [5.41, 5.74) is 0. The number of carbonyl (C=O) groups is 1. The molecule has 1 N–H and O–H groups in total. The fraction of sp³-hybridized carbons (Fsp3) is 0.667. The van der Waals surface area contributed by atoms with Crippen LogP contribution in [0.25, 0.3) is 0 Å². The van der Waals surface area contributed by atoms with Gasteiger partial charge in [0.25, 0.3) is 0 Å². The Labute approximate surface area is 77.5 Å². The van der Waals surface area contributed by atoms with Crippen molar-refractivity contribution < 1.29 is 9.53 Å². The van der Waals surface area contributed by atoms with Crippen LogP contribution < -0.4 is 5.32 Å². The van der Waals surface area contributed by atoms with Crippen molar-refractivity contribution in [2.75, 3.05) is 19.6 Å². The zero-order valence-electron chi connectivity index (χ0n) is 7.48. The van der Waals surface area contributed by atoms with Crippen LogP contribution in [0.2, 0.25) is 0 Å². The lowest BCUT2D eigenvalue weighted by molar-refractivity contribution is -0.123. The van der Waals surface area contributed by atoms with Gasteiger partial charge in [0.15, 0.2) is 0 Å². The van der Waals surface area contributed by atoms with E-state index in [-0.39, 0.29) is 12.1 Å². The van der Waals surface area contributed by atoms with E-state index in [2.05, 4.69) is 5.32 Å². The maximum Gasteiger partial charge on any atom is 0.210 e. The van der Waals surface area contributed by atoms with Gasteiger partial charge in [-0.1, -0.05) is 0 Å². The maximum atomic E-state index is 10.7. The predicted octanol–water partition coefficient (Wildman–Crippen LogP) is -0.281. The Bertz CT molecular complexity index is 210. The molecule has 0 aromatic rings. The largest absolute Gasteiger partial charge is 0.496 e. The highest BCUT2D eigenvalue weighted by atomic mass is 16.5. The van der Waals surface area contributed by atoms with Gasteiger partial charge in [-0.2, -0.15) is 0 Å². The second-order valence-corrected chi connectivity index (χ2v) is 3.40. The quantitative estimate of drug-likeness (QED) is 0.597. The molecule has 0 aliphatic carbocycles. The molecule has 4 heteroatoms. The predicted molar refractivity (Wildman–Crippen MR) is 48.1 cm³/mol. The van der Waals surface area contributed by atoms with Gasteiger partial charge in [0.1, 0.15) is 6.10 Å². The maximum absolute atomic E-state index is 10.7. The van der Waals surface area contributed by atoms with Gasteiger partial charge >= 0.3 is 0 Å². The SMILES string of the molecule is O=CN1CCNCC1C1CC=CO1. The monoisotopic (exact) mass is 182 g/mol. The molecule has 0 aromatic heterocycles. The lowest BCUT2D eigenvalue weighted by atomic mass is 10.1. The third kappa shape index (κ3) is 1.67. The van der Waals surface area contributed by atoms with E-state index in [0.29, 0.717) is 0 Å². The van der Waals surface area contributed by atoms with E-state index in [0.717, 1.165) is 32.5 Å². The minimum absolute atomic E-state index is 0.151. The van der Waals surface area contributed by atoms with Crippen molar-refractivity contribution in [1.82, 2.24) is 10.2 Å². The minimum atomic E-state index is 0.151. The van der Waals surface area contributed by atoms with Gasteiger partial charge in [-0.3, -0.25) is 4.79 Å². The van der Waals surface area contributed by atoms with E-state index in [4.69, 9.17) is 4.74 Å². The molecule has 0 spiro atoms. The zero-order valence-corrected chi connectivity index (χ0v) is 7.48. The lowest BCUT2D eigenvalue weighted by Gasteiger charge is -2.36. The Morgan fingerprint density at radius 1 is 1.62 bits per heavy atom. The number of nitrogens with one attached hydrogen (secondary N) is 1. The molecular formula is C9H14N2O2. The summed E-state index contributed by atoms with van der Waals surface area (Å²) in [7, 11) is 0. The smallest absolute Gasteiger partial charge is 0.210 e. The molecule has 0 saturated carbocycles. The van der Waals surface area contributed by atoms with Crippen molar-refractivity contribution in [3.05, 3.63) is 12.3 Å². The first-order valence-corrected chi connectivity index (χ1v) is 4.64. The summed E-state index contributed by atoms with van der Waals surface area (Å²) in [4.78, 5) is 12.6. The fourth-order valence-electron chi connectivity index (χ4n) is 1.87. The highest BCUT2D eigenvalue weighted by Gasteiger charge is 2.30. The van der Waals surface area contributed by atoms with Crippen LogP contribution in [-0.4, -0.2) is 43.1 Å². The number of rotatable bonds is 2. The number of amides is 1. The molecular weight excluding hydrogens is 168 g/mol. The van der Waals surface area contributed by atoms with Gasteiger partial charge in [0.05, 0.1) is 12.3 Å². The highest BCUT2D eigenvalue weighted by molar-refractivity contribution is 5.48. The number of hydrogen-bond acceptors (Lipinski definition) is 3. The van der Waals surface area contributed by atoms with Crippen molar-refractivity contribution in [1.29, 1.82) is 0 Å². The van der Waals surface area contributed by atoms with Gasteiger partial charge in [0, 0.05) is 26.1 Å². The molecule has 0 bridgehead atoms. The number of ether oxygens (including phenoxy) is 1. The van der Waals surface area contributed by atoms with E-state index >= 15 is 0 Å². The summed E-state index contributed by atoms with van der Waals surface area (Å²) in [6.45, 7) is 2.51. The molecule has 2 unspecified atom stereocenters. The van der Waals surface area contributed by atoms with Crippen LogP contribution in [0.3, 0.4) is 0 Å². The average Bonchev–Trinajstić information content (AvgIpc) is 2.70. The summed E-state index contributed by atoms with van der Waals surface area (Å²) in [6.07, 6.45) is 5.71. The van der Waals surface area contributed by atoms with Crippen molar-refractivity contribution in [2.24, 2.45) is 0 Å². The van der Waals surface area contributed by atoms with Crippen molar-refractivity contribution in [3.63, 3.8) is 0 Å². The molecule has 1 saturated heterocycles. The average molecular weight is 182 g/mol. The van der Waals surface area contributed by atoms with Gasteiger partial charge < -0.3 is 15.0 Å². The van der Waals surface area contributed by atoms with Crippen LogP contribution in [0.4, 0.5) is 0 Å². The molecule has 1 amide bonds. The Kier molecular flexibility index (Phi) is 2.49. The van der Waals surface area contributed by atoms with Crippen LogP contribution in [0.5, 0.6) is 0 Å².